The van der Waals surface area contributed by atoms with E-state index in [1.807, 2.05) is 40.0 Å². The smallest absolute Gasteiger partial charge is 0.139 e. The number of Topliss-reactive ketones (excluding diaryl/α,β-unsaturated/α-hetero) is 1. The molecule has 0 aliphatic carbocycles. The number of nitrogen functional groups attached to an aromatic ring is 1. The monoisotopic (exact) mass is 220 g/mol. The van der Waals surface area contributed by atoms with Crippen LogP contribution in [0.5, 0.6) is 0 Å². The van der Waals surface area contributed by atoms with Gasteiger partial charge in [0.15, 0.2) is 0 Å². The normalized spacial score (nSPS) is 11.3. The summed E-state index contributed by atoms with van der Waals surface area (Å²) in [6.45, 7) is 7.48. The highest BCUT2D eigenvalue weighted by molar-refractivity contribution is 5.88. The summed E-state index contributed by atoms with van der Waals surface area (Å²) in [6, 6.07) is 3.87. The van der Waals surface area contributed by atoms with E-state index >= 15 is 0 Å². The molecule has 0 amide bonds. The largest absolute Gasteiger partial charge is 0.397 e. The van der Waals surface area contributed by atoms with Crippen LogP contribution >= 0.6 is 0 Å². The van der Waals surface area contributed by atoms with Gasteiger partial charge in [0.25, 0.3) is 0 Å². The standard InChI is InChI=1S/C13H20N2O/c1-8-6-11(14)12(15-5)7-10(8)13(3,4)9(2)16/h6-7,15H,14H2,1-5H3. The molecule has 0 radical (unpaired) electrons. The van der Waals surface area contributed by atoms with Crippen LogP contribution in [0.1, 0.15) is 31.9 Å². The molecule has 0 saturated carbocycles. The van der Waals surface area contributed by atoms with Gasteiger partial charge in [0.1, 0.15) is 5.78 Å². The molecule has 16 heavy (non-hydrogen) atoms. The van der Waals surface area contributed by atoms with Crippen molar-refractivity contribution in [2.24, 2.45) is 0 Å². The predicted octanol–water partition coefficient (Wildman–Crippen LogP) is 2.49. The van der Waals surface area contributed by atoms with E-state index in [2.05, 4.69) is 5.32 Å². The van der Waals surface area contributed by atoms with Crippen molar-refractivity contribution in [3.63, 3.8) is 0 Å². The van der Waals surface area contributed by atoms with E-state index < -0.39 is 5.41 Å². The van der Waals surface area contributed by atoms with Gasteiger partial charge in [-0.05, 0) is 51.0 Å². The van der Waals surface area contributed by atoms with Crippen molar-refractivity contribution in [1.82, 2.24) is 0 Å². The number of ketones is 1. The third kappa shape index (κ3) is 2.03. The van der Waals surface area contributed by atoms with Gasteiger partial charge in [-0.2, -0.15) is 0 Å². The fourth-order valence-corrected chi connectivity index (χ4v) is 1.81. The average Bonchev–Trinajstić information content (AvgIpc) is 2.17. The quantitative estimate of drug-likeness (QED) is 0.769. The lowest BCUT2D eigenvalue weighted by Gasteiger charge is -2.25. The summed E-state index contributed by atoms with van der Waals surface area (Å²) >= 11 is 0. The molecule has 3 N–H and O–H groups in total. The second-order valence-corrected chi connectivity index (χ2v) is 4.69. The SMILES string of the molecule is CNc1cc(C(C)(C)C(C)=O)c(C)cc1N. The predicted molar refractivity (Wildman–Crippen MR) is 68.8 cm³/mol. The zero-order valence-corrected chi connectivity index (χ0v) is 10.6. The van der Waals surface area contributed by atoms with E-state index in [9.17, 15) is 4.79 Å². The van der Waals surface area contributed by atoms with Gasteiger partial charge in [0.05, 0.1) is 11.4 Å². The number of aryl methyl sites for hydroxylation is 1. The highest BCUT2D eigenvalue weighted by Crippen LogP contribution is 2.32. The minimum absolute atomic E-state index is 0.155. The molecule has 0 aliphatic rings. The molecule has 1 rings (SSSR count). The van der Waals surface area contributed by atoms with Crippen LogP contribution in [0.25, 0.3) is 0 Å². The fraction of sp³-hybridized carbons (Fsp3) is 0.462. The van der Waals surface area contributed by atoms with Gasteiger partial charge in [-0.25, -0.2) is 0 Å². The zero-order valence-electron chi connectivity index (χ0n) is 10.6. The molecule has 0 bridgehead atoms. The Kier molecular flexibility index (Phi) is 3.27. The van der Waals surface area contributed by atoms with Crippen molar-refractivity contribution in [3.05, 3.63) is 23.3 Å². The van der Waals surface area contributed by atoms with Crippen LogP contribution in [-0.4, -0.2) is 12.8 Å². The molecule has 0 aromatic heterocycles. The number of rotatable bonds is 3. The third-order valence-electron chi connectivity index (χ3n) is 3.22. The van der Waals surface area contributed by atoms with Crippen molar-refractivity contribution >= 4 is 17.2 Å². The molecule has 3 nitrogen and oxygen atoms in total. The Hall–Kier alpha value is -1.51. The summed E-state index contributed by atoms with van der Waals surface area (Å²) in [5.41, 5.74) is 9.06. The number of nitrogens with two attached hydrogens (primary N) is 1. The molecule has 88 valence electrons. The van der Waals surface area contributed by atoms with E-state index in [1.54, 1.807) is 6.92 Å². The molecule has 1 aromatic carbocycles. The number of anilines is 2. The molecule has 0 aliphatic heterocycles. The first-order valence-electron chi connectivity index (χ1n) is 5.40. The van der Waals surface area contributed by atoms with Crippen LogP contribution in [-0.2, 0) is 10.2 Å². The van der Waals surface area contributed by atoms with Gasteiger partial charge in [-0.15, -0.1) is 0 Å². The topological polar surface area (TPSA) is 55.1 Å². The van der Waals surface area contributed by atoms with Crippen molar-refractivity contribution in [1.29, 1.82) is 0 Å². The lowest BCUT2D eigenvalue weighted by atomic mass is 9.78. The summed E-state index contributed by atoms with van der Waals surface area (Å²) < 4.78 is 0. The van der Waals surface area contributed by atoms with Crippen LogP contribution < -0.4 is 11.1 Å². The van der Waals surface area contributed by atoms with Crippen LogP contribution in [0.15, 0.2) is 12.1 Å². The molecule has 0 heterocycles. The Morgan fingerprint density at radius 3 is 2.38 bits per heavy atom. The number of carbonyl (C=O) groups excluding carboxylic acids is 1. The van der Waals surface area contributed by atoms with Gasteiger partial charge >= 0.3 is 0 Å². The number of hydrogen-bond donors (Lipinski definition) is 2. The molecule has 0 saturated heterocycles. The van der Waals surface area contributed by atoms with Gasteiger partial charge < -0.3 is 11.1 Å². The summed E-state index contributed by atoms with van der Waals surface area (Å²) in [4.78, 5) is 11.7. The first-order chi connectivity index (χ1) is 7.30. The second kappa shape index (κ2) is 4.16. The molecular weight excluding hydrogens is 200 g/mol. The second-order valence-electron chi connectivity index (χ2n) is 4.69. The molecule has 0 atom stereocenters. The summed E-state index contributed by atoms with van der Waals surface area (Å²) in [6.07, 6.45) is 0. The highest BCUT2D eigenvalue weighted by Gasteiger charge is 2.28. The maximum atomic E-state index is 11.7. The fourth-order valence-electron chi connectivity index (χ4n) is 1.81. The summed E-state index contributed by atoms with van der Waals surface area (Å²) in [5.74, 6) is 0.155. The minimum atomic E-state index is -0.469. The lowest BCUT2D eigenvalue weighted by Crippen LogP contribution is -2.27. The van der Waals surface area contributed by atoms with Crippen LogP contribution in [0, 0.1) is 6.92 Å². The van der Waals surface area contributed by atoms with Gasteiger partial charge in [-0.3, -0.25) is 4.79 Å². The van der Waals surface area contributed by atoms with Crippen LogP contribution in [0.2, 0.25) is 0 Å². The maximum absolute atomic E-state index is 11.7. The van der Waals surface area contributed by atoms with E-state index in [-0.39, 0.29) is 5.78 Å². The number of hydrogen-bond acceptors (Lipinski definition) is 3. The van der Waals surface area contributed by atoms with Gasteiger partial charge in [0.2, 0.25) is 0 Å². The molecule has 3 heteroatoms. The summed E-state index contributed by atoms with van der Waals surface area (Å²) in [5, 5.41) is 3.04. The molecule has 1 aromatic rings. The average molecular weight is 220 g/mol. The number of carbonyl (C=O) groups is 1. The van der Waals surface area contributed by atoms with Crippen molar-refractivity contribution in [3.8, 4) is 0 Å². The first kappa shape index (κ1) is 12.6. The summed E-state index contributed by atoms with van der Waals surface area (Å²) in [7, 11) is 1.82. The van der Waals surface area contributed by atoms with Crippen molar-refractivity contribution in [2.75, 3.05) is 18.1 Å². The number of nitrogens with one attached hydrogen (secondary N) is 1. The Morgan fingerprint density at radius 1 is 1.38 bits per heavy atom. The molecular formula is C13H20N2O. The van der Waals surface area contributed by atoms with E-state index in [0.717, 1.165) is 16.8 Å². The Labute approximate surface area is 97.0 Å². The third-order valence-corrected chi connectivity index (χ3v) is 3.22. The van der Waals surface area contributed by atoms with E-state index in [0.29, 0.717) is 5.69 Å². The van der Waals surface area contributed by atoms with E-state index in [1.165, 1.54) is 0 Å². The Bertz CT molecular complexity index is 422. The molecule has 0 fully saturated rings. The first-order valence-corrected chi connectivity index (χ1v) is 5.40. The van der Waals surface area contributed by atoms with Crippen molar-refractivity contribution < 1.29 is 4.79 Å². The number of benzene rings is 1. The minimum Gasteiger partial charge on any atom is -0.397 e. The lowest BCUT2D eigenvalue weighted by molar-refractivity contribution is -0.121. The van der Waals surface area contributed by atoms with Crippen LogP contribution in [0.3, 0.4) is 0 Å². The van der Waals surface area contributed by atoms with Gasteiger partial charge in [-0.1, -0.05) is 0 Å². The molecule has 0 spiro atoms. The van der Waals surface area contributed by atoms with Crippen LogP contribution in [0.4, 0.5) is 11.4 Å². The maximum Gasteiger partial charge on any atom is 0.139 e. The van der Waals surface area contributed by atoms with Gasteiger partial charge in [0, 0.05) is 12.5 Å². The van der Waals surface area contributed by atoms with E-state index in [4.69, 9.17) is 5.73 Å². The van der Waals surface area contributed by atoms with Crippen molar-refractivity contribution in [2.45, 2.75) is 33.1 Å². The zero-order chi connectivity index (χ0) is 12.5. The Morgan fingerprint density at radius 2 is 1.94 bits per heavy atom. The Balaban J connectivity index is 3.40. The highest BCUT2D eigenvalue weighted by atomic mass is 16.1. The molecule has 0 unspecified atom stereocenters.